The molecule has 0 fully saturated rings. The molecule has 2 atom stereocenters. The molecule has 0 radical (unpaired) electrons. The summed E-state index contributed by atoms with van der Waals surface area (Å²) in [5.41, 5.74) is 6.26. The molecule has 0 amide bonds. The van der Waals surface area contributed by atoms with Crippen LogP contribution in [0.3, 0.4) is 0 Å². The van der Waals surface area contributed by atoms with Crippen LogP contribution in [0.1, 0.15) is 117 Å². The Hall–Kier alpha value is -0.990. The van der Waals surface area contributed by atoms with E-state index in [0.29, 0.717) is 18.4 Å². The zero-order chi connectivity index (χ0) is 23.9. The number of benzene rings is 1. The number of fused-ring (bicyclic) bond motifs is 1. The molecule has 0 aromatic heterocycles. The van der Waals surface area contributed by atoms with Gasteiger partial charge in [-0.2, -0.15) is 0 Å². The monoisotopic (exact) mass is 456 g/mol. The van der Waals surface area contributed by atoms with Crippen molar-refractivity contribution in [1.29, 1.82) is 0 Å². The summed E-state index contributed by atoms with van der Waals surface area (Å²) >= 11 is 1.84. The van der Waals surface area contributed by atoms with E-state index < -0.39 is 0 Å². The fourth-order valence-electron chi connectivity index (χ4n) is 4.95. The minimum absolute atomic E-state index is 0.248. The molecule has 1 aliphatic rings. The van der Waals surface area contributed by atoms with Crippen LogP contribution < -0.4 is 0 Å². The number of aliphatic hydroxyl groups excluding tert-OH is 1. The summed E-state index contributed by atoms with van der Waals surface area (Å²) in [6, 6.07) is 7.16. The van der Waals surface area contributed by atoms with Gasteiger partial charge in [-0.15, -0.1) is 11.8 Å². The maximum absolute atomic E-state index is 9.23. The highest BCUT2D eigenvalue weighted by atomic mass is 32.2. The van der Waals surface area contributed by atoms with Gasteiger partial charge in [0, 0.05) is 6.61 Å². The lowest BCUT2D eigenvalue weighted by atomic mass is 9.63. The molecule has 2 heteroatoms. The Labute approximate surface area is 203 Å². The first-order chi connectivity index (χ1) is 15.0. The Kier molecular flexibility index (Phi) is 10.2. The fourth-order valence-corrected chi connectivity index (χ4v) is 5.84. The molecule has 1 nitrogen and oxygen atoms in total. The molecule has 2 unspecified atom stereocenters. The van der Waals surface area contributed by atoms with Gasteiger partial charge in [-0.1, -0.05) is 85.6 Å². The first-order valence-electron chi connectivity index (χ1n) is 12.8. The third-order valence-electron chi connectivity index (χ3n) is 7.60. The second-order valence-electron chi connectivity index (χ2n) is 11.5. The summed E-state index contributed by atoms with van der Waals surface area (Å²) in [4.78, 5) is 1.31. The summed E-state index contributed by atoms with van der Waals surface area (Å²) in [5, 5.41) is 11.5. The lowest BCUT2D eigenvalue weighted by Crippen LogP contribution is -2.33. The van der Waals surface area contributed by atoms with Crippen molar-refractivity contribution in [2.45, 2.75) is 111 Å². The first kappa shape index (κ1) is 27.3. The normalized spacial score (nSPS) is 19.3. The number of allylic oxidation sites excluding steroid dienone is 2. The van der Waals surface area contributed by atoms with Crippen LogP contribution in [-0.2, 0) is 10.8 Å². The molecule has 32 heavy (non-hydrogen) atoms. The molecule has 0 aliphatic heterocycles. The third kappa shape index (κ3) is 7.26. The smallest absolute Gasteiger partial charge is 0.0456 e. The van der Waals surface area contributed by atoms with E-state index in [4.69, 9.17) is 0 Å². The largest absolute Gasteiger partial charge is 0.396 e. The Bertz CT molecular complexity index is 786. The molecular weight excluding hydrogens is 408 g/mol. The van der Waals surface area contributed by atoms with Crippen LogP contribution in [0.2, 0.25) is 0 Å². The van der Waals surface area contributed by atoms with Crippen molar-refractivity contribution in [3.8, 4) is 0 Å². The second kappa shape index (κ2) is 11.9. The van der Waals surface area contributed by atoms with Crippen LogP contribution in [-0.4, -0.2) is 11.7 Å². The number of aliphatic hydroxyl groups is 1. The number of unbranched alkanes of at least 4 members (excludes halogenated alkanes) is 1. The van der Waals surface area contributed by atoms with Gasteiger partial charge in [0.25, 0.3) is 0 Å². The fraction of sp³-hybridized carbons (Fsp3) is 0.667. The van der Waals surface area contributed by atoms with Gasteiger partial charge in [0.05, 0.1) is 0 Å². The molecule has 1 aromatic rings. The summed E-state index contributed by atoms with van der Waals surface area (Å²) in [5.74, 6) is 1.01. The molecule has 0 saturated carbocycles. The van der Waals surface area contributed by atoms with E-state index in [9.17, 15) is 5.11 Å². The average molecular weight is 457 g/mol. The van der Waals surface area contributed by atoms with E-state index in [1.165, 1.54) is 72.1 Å². The molecule has 0 bridgehead atoms. The second-order valence-corrected chi connectivity index (χ2v) is 12.5. The van der Waals surface area contributed by atoms with Crippen LogP contribution in [0.4, 0.5) is 0 Å². The molecule has 2 rings (SSSR count). The van der Waals surface area contributed by atoms with E-state index in [-0.39, 0.29) is 10.8 Å². The number of hydrogen-bond donors (Lipinski definition) is 1. The number of hydrogen-bond acceptors (Lipinski definition) is 2. The van der Waals surface area contributed by atoms with Crippen molar-refractivity contribution in [3.63, 3.8) is 0 Å². The van der Waals surface area contributed by atoms with E-state index in [0.717, 1.165) is 6.42 Å². The quantitative estimate of drug-likeness (QED) is 0.316. The van der Waals surface area contributed by atoms with Gasteiger partial charge in [0.15, 0.2) is 0 Å². The van der Waals surface area contributed by atoms with Crippen LogP contribution in [0.15, 0.2) is 35.1 Å². The summed E-state index contributed by atoms with van der Waals surface area (Å²) in [6.07, 6.45) is 9.70. The highest BCUT2D eigenvalue weighted by molar-refractivity contribution is 8.06. The highest BCUT2D eigenvalue weighted by Crippen LogP contribution is 2.46. The van der Waals surface area contributed by atoms with Crippen molar-refractivity contribution >= 4 is 17.3 Å². The number of rotatable bonds is 12. The van der Waals surface area contributed by atoms with E-state index in [2.05, 4.69) is 78.7 Å². The minimum atomic E-state index is 0.248. The van der Waals surface area contributed by atoms with Crippen molar-refractivity contribution in [2.75, 3.05) is 6.61 Å². The zero-order valence-corrected chi connectivity index (χ0v) is 22.7. The Balaban J connectivity index is 2.06. The van der Waals surface area contributed by atoms with Gasteiger partial charge in [-0.25, -0.2) is 0 Å². The molecule has 1 N–H and O–H groups in total. The highest BCUT2D eigenvalue weighted by Gasteiger charge is 2.36. The van der Waals surface area contributed by atoms with Gasteiger partial charge >= 0.3 is 0 Å². The van der Waals surface area contributed by atoms with Crippen LogP contribution in [0, 0.1) is 11.8 Å². The first-order valence-corrected chi connectivity index (χ1v) is 13.7. The summed E-state index contributed by atoms with van der Waals surface area (Å²) in [6.45, 7) is 21.0. The summed E-state index contributed by atoms with van der Waals surface area (Å²) < 4.78 is 0. The van der Waals surface area contributed by atoms with Crippen LogP contribution in [0.5, 0.6) is 0 Å². The Morgan fingerprint density at radius 1 is 1.06 bits per heavy atom. The van der Waals surface area contributed by atoms with E-state index in [1.54, 1.807) is 0 Å². The van der Waals surface area contributed by atoms with Crippen LogP contribution in [0.25, 0.3) is 5.57 Å². The Morgan fingerprint density at radius 3 is 2.31 bits per heavy atom. The maximum Gasteiger partial charge on any atom is 0.0456 e. The molecule has 0 heterocycles. The molecule has 1 aliphatic carbocycles. The average Bonchev–Trinajstić information content (AvgIpc) is 2.76. The van der Waals surface area contributed by atoms with Gasteiger partial charge in [0.2, 0.25) is 0 Å². The SMILES string of the molecule is C=C(S/C=C(\C)c1ccc2c(c1)C(C)(C)CCC2(C)C)C(CCC)CCCCC(C)CO. The Morgan fingerprint density at radius 2 is 1.69 bits per heavy atom. The van der Waals surface area contributed by atoms with Gasteiger partial charge < -0.3 is 5.11 Å². The van der Waals surface area contributed by atoms with E-state index >= 15 is 0 Å². The minimum Gasteiger partial charge on any atom is -0.396 e. The predicted octanol–water partition coefficient (Wildman–Crippen LogP) is 9.25. The topological polar surface area (TPSA) is 20.2 Å². The molecule has 0 saturated heterocycles. The molecule has 1 aromatic carbocycles. The van der Waals surface area contributed by atoms with Crippen LogP contribution >= 0.6 is 11.8 Å². The van der Waals surface area contributed by atoms with Crippen molar-refractivity contribution in [2.24, 2.45) is 11.8 Å². The van der Waals surface area contributed by atoms with E-state index in [1.807, 2.05) is 11.8 Å². The molecule has 180 valence electrons. The number of thioether (sulfide) groups is 1. The lowest BCUT2D eigenvalue weighted by Gasteiger charge is -2.42. The standard InChI is InChI=1S/C30H48OS/c1-9-12-25(14-11-10-13-22(2)20-31)24(4)32-21-23(3)26-15-16-27-28(19-26)30(7,8)18-17-29(27,5)6/h15-16,19,21-22,25,31H,4,9-14,17-18,20H2,1-3,5-8H3/b23-21+. The van der Waals surface area contributed by atoms with Gasteiger partial charge in [0.1, 0.15) is 0 Å². The maximum atomic E-state index is 9.23. The van der Waals surface area contributed by atoms with Crippen molar-refractivity contribution < 1.29 is 5.11 Å². The third-order valence-corrected chi connectivity index (χ3v) is 8.71. The van der Waals surface area contributed by atoms with Crippen molar-refractivity contribution in [1.82, 2.24) is 0 Å². The van der Waals surface area contributed by atoms with Gasteiger partial charge in [-0.3, -0.25) is 0 Å². The zero-order valence-electron chi connectivity index (χ0n) is 21.9. The summed E-state index contributed by atoms with van der Waals surface area (Å²) in [7, 11) is 0. The predicted molar refractivity (Wildman–Crippen MR) is 145 cm³/mol. The molecule has 0 spiro atoms. The lowest BCUT2D eigenvalue weighted by molar-refractivity contribution is 0.226. The van der Waals surface area contributed by atoms with Gasteiger partial charge in [-0.05, 0) is 94.3 Å². The molecular formula is C30H48OS. The van der Waals surface area contributed by atoms with Crippen molar-refractivity contribution in [3.05, 3.63) is 51.8 Å².